The highest BCUT2D eigenvalue weighted by Gasteiger charge is 2.04. The average Bonchev–Trinajstić information content (AvgIpc) is 2.76. The maximum Gasteiger partial charge on any atom is 0.306 e. The summed E-state index contributed by atoms with van der Waals surface area (Å²) in [7, 11) is 0. The van der Waals surface area contributed by atoms with Gasteiger partial charge >= 0.3 is 5.97 Å². The lowest BCUT2D eigenvalue weighted by atomic mass is 10.0. The van der Waals surface area contributed by atoms with E-state index >= 15 is 0 Å². The molecule has 0 N–H and O–H groups in total. The van der Waals surface area contributed by atoms with Crippen LogP contribution in [0.15, 0.2) is 24.5 Å². The maximum atomic E-state index is 11.7. The lowest BCUT2D eigenvalue weighted by molar-refractivity contribution is -0.145. The molecule has 1 aromatic rings. The molecule has 0 saturated heterocycles. The number of ether oxygens (including phenoxy) is 1. The van der Waals surface area contributed by atoms with Gasteiger partial charge in [0.15, 0.2) is 0 Å². The number of aromatic nitrogens is 1. The monoisotopic (exact) mass is 417 g/mol. The van der Waals surface area contributed by atoms with Crippen LogP contribution < -0.4 is 0 Å². The molecule has 0 spiro atoms. The molecule has 0 aromatic carbocycles. The molecule has 0 unspecified atom stereocenters. The van der Waals surface area contributed by atoms with Gasteiger partial charge in [-0.2, -0.15) is 0 Å². The summed E-state index contributed by atoms with van der Waals surface area (Å²) < 4.78 is 5.27. The molecular weight excluding hydrogens is 374 g/mol. The van der Waals surface area contributed by atoms with Gasteiger partial charge < -0.3 is 4.74 Å². The van der Waals surface area contributed by atoms with Gasteiger partial charge in [-0.1, -0.05) is 83.6 Å². The lowest BCUT2D eigenvalue weighted by Crippen LogP contribution is -2.04. The third-order valence-corrected chi connectivity index (χ3v) is 5.52. The Morgan fingerprint density at radius 1 is 0.767 bits per heavy atom. The van der Waals surface area contributed by atoms with Gasteiger partial charge in [0.2, 0.25) is 0 Å². The van der Waals surface area contributed by atoms with Gasteiger partial charge in [0.05, 0.1) is 0 Å². The molecule has 0 radical (unpaired) electrons. The number of pyridine rings is 1. The van der Waals surface area contributed by atoms with E-state index in [-0.39, 0.29) is 5.97 Å². The quantitative estimate of drug-likeness (QED) is 0.164. The molecule has 4 nitrogen and oxygen atoms in total. The lowest BCUT2D eigenvalue weighted by Gasteiger charge is -2.05. The van der Waals surface area contributed by atoms with Crippen molar-refractivity contribution >= 4 is 11.8 Å². The summed E-state index contributed by atoms with van der Waals surface area (Å²) in [6, 6.07) is 3.76. The summed E-state index contributed by atoms with van der Waals surface area (Å²) in [5, 5.41) is 0. The number of carbonyl (C=O) groups excluding carboxylic acids is 2. The van der Waals surface area contributed by atoms with Crippen molar-refractivity contribution in [1.29, 1.82) is 0 Å². The van der Waals surface area contributed by atoms with Crippen molar-refractivity contribution in [2.75, 3.05) is 0 Å². The van der Waals surface area contributed by atoms with Crippen molar-refractivity contribution in [2.45, 2.75) is 123 Å². The highest BCUT2D eigenvalue weighted by Crippen LogP contribution is 2.13. The molecule has 0 fully saturated rings. The van der Waals surface area contributed by atoms with Gasteiger partial charge in [-0.15, -0.1) is 0 Å². The Labute approximate surface area is 184 Å². The molecule has 0 aliphatic carbocycles. The number of rotatable bonds is 20. The van der Waals surface area contributed by atoms with Crippen molar-refractivity contribution in [3.63, 3.8) is 0 Å². The molecule has 1 aromatic heterocycles. The predicted octanol–water partition coefficient (Wildman–Crippen LogP) is 7.35. The Morgan fingerprint density at radius 2 is 1.30 bits per heavy atom. The molecule has 0 amide bonds. The zero-order valence-electron chi connectivity index (χ0n) is 19.2. The molecule has 0 aliphatic heterocycles. The average molecular weight is 418 g/mol. The summed E-state index contributed by atoms with van der Waals surface area (Å²) >= 11 is 0. The highest BCUT2D eigenvalue weighted by atomic mass is 16.5. The van der Waals surface area contributed by atoms with Crippen LogP contribution >= 0.6 is 0 Å². The van der Waals surface area contributed by atoms with Crippen molar-refractivity contribution in [2.24, 2.45) is 0 Å². The molecular formula is C26H43NO3. The highest BCUT2D eigenvalue weighted by molar-refractivity contribution is 5.78. The van der Waals surface area contributed by atoms with Gasteiger partial charge in [-0.3, -0.25) is 14.6 Å². The van der Waals surface area contributed by atoms with E-state index < -0.39 is 0 Å². The van der Waals surface area contributed by atoms with Crippen LogP contribution in [0, 0.1) is 0 Å². The van der Waals surface area contributed by atoms with E-state index in [2.05, 4.69) is 11.9 Å². The second kappa shape index (κ2) is 19.3. The maximum absolute atomic E-state index is 11.7. The number of carbonyl (C=O) groups is 2. The number of unbranched alkanes of at least 4 members (excludes halogenated alkanes) is 12. The minimum absolute atomic E-state index is 0.110. The summed E-state index contributed by atoms with van der Waals surface area (Å²) in [5.74, 6) is 0.353. The van der Waals surface area contributed by atoms with Gasteiger partial charge in [0, 0.05) is 37.2 Å². The van der Waals surface area contributed by atoms with Crippen molar-refractivity contribution in [3.05, 3.63) is 30.1 Å². The van der Waals surface area contributed by atoms with Crippen LogP contribution in [0.5, 0.6) is 0 Å². The van der Waals surface area contributed by atoms with E-state index in [0.717, 1.165) is 44.1 Å². The Bertz CT molecular complexity index is 544. The SMILES string of the molecule is CCCCCC(=O)CCCCCCCCCCCCCC(=O)OCc1cccnc1. The molecule has 0 atom stereocenters. The summed E-state index contributed by atoms with van der Waals surface area (Å²) in [5.41, 5.74) is 0.932. The fourth-order valence-corrected chi connectivity index (χ4v) is 3.60. The Morgan fingerprint density at radius 3 is 1.83 bits per heavy atom. The van der Waals surface area contributed by atoms with Crippen LogP contribution in [-0.4, -0.2) is 16.7 Å². The van der Waals surface area contributed by atoms with Crippen molar-refractivity contribution in [1.82, 2.24) is 4.98 Å². The molecule has 0 bridgehead atoms. The summed E-state index contributed by atoms with van der Waals surface area (Å²) in [6.45, 7) is 2.50. The van der Waals surface area contributed by atoms with E-state index in [9.17, 15) is 9.59 Å². The van der Waals surface area contributed by atoms with Crippen LogP contribution in [0.2, 0.25) is 0 Å². The minimum Gasteiger partial charge on any atom is -0.461 e. The minimum atomic E-state index is -0.110. The molecule has 0 aliphatic rings. The molecule has 1 rings (SSSR count). The van der Waals surface area contributed by atoms with Crippen LogP contribution in [0.25, 0.3) is 0 Å². The van der Waals surface area contributed by atoms with Gasteiger partial charge in [-0.25, -0.2) is 0 Å². The zero-order valence-corrected chi connectivity index (χ0v) is 19.2. The first-order chi connectivity index (χ1) is 14.7. The topological polar surface area (TPSA) is 56.3 Å². The normalized spacial score (nSPS) is 10.8. The fraction of sp³-hybridized carbons (Fsp3) is 0.731. The molecule has 4 heteroatoms. The second-order valence-electron chi connectivity index (χ2n) is 8.41. The van der Waals surface area contributed by atoms with Crippen LogP contribution in [0.3, 0.4) is 0 Å². The number of esters is 1. The van der Waals surface area contributed by atoms with Crippen molar-refractivity contribution < 1.29 is 14.3 Å². The largest absolute Gasteiger partial charge is 0.461 e. The van der Waals surface area contributed by atoms with E-state index in [4.69, 9.17) is 4.74 Å². The van der Waals surface area contributed by atoms with Gasteiger partial charge in [-0.05, 0) is 25.3 Å². The smallest absolute Gasteiger partial charge is 0.306 e. The first-order valence-electron chi connectivity index (χ1n) is 12.3. The fourth-order valence-electron chi connectivity index (χ4n) is 3.60. The van der Waals surface area contributed by atoms with Gasteiger partial charge in [0.1, 0.15) is 12.4 Å². The third kappa shape index (κ3) is 16.1. The number of ketones is 1. The van der Waals surface area contributed by atoms with Crippen LogP contribution in [0.1, 0.15) is 122 Å². The number of Topliss-reactive ketones (excluding diaryl/α,β-unsaturated/α-hetero) is 1. The zero-order chi connectivity index (χ0) is 21.7. The first-order valence-corrected chi connectivity index (χ1v) is 12.3. The van der Waals surface area contributed by atoms with E-state index in [1.165, 1.54) is 64.2 Å². The van der Waals surface area contributed by atoms with E-state index in [1.54, 1.807) is 12.4 Å². The Kier molecular flexibility index (Phi) is 16.9. The second-order valence-corrected chi connectivity index (χ2v) is 8.41. The Hall–Kier alpha value is -1.71. The first kappa shape index (κ1) is 26.3. The Balaban J connectivity index is 1.78. The molecule has 30 heavy (non-hydrogen) atoms. The van der Waals surface area contributed by atoms with E-state index in [0.29, 0.717) is 18.8 Å². The number of hydrogen-bond acceptors (Lipinski definition) is 4. The van der Waals surface area contributed by atoms with Gasteiger partial charge in [0.25, 0.3) is 0 Å². The molecule has 170 valence electrons. The standard InChI is InChI=1S/C26H43NO3/c1-2-3-13-18-25(28)19-14-11-9-7-5-4-6-8-10-12-15-20-26(29)30-23-24-17-16-21-27-22-24/h16-17,21-22H,2-15,18-20,23H2,1H3. The third-order valence-electron chi connectivity index (χ3n) is 5.52. The predicted molar refractivity (Wildman–Crippen MR) is 123 cm³/mol. The summed E-state index contributed by atoms with van der Waals surface area (Å²) in [6.07, 6.45) is 22.2. The van der Waals surface area contributed by atoms with Crippen LogP contribution in [-0.2, 0) is 20.9 Å². The molecule has 0 saturated carbocycles. The number of hydrogen-bond donors (Lipinski definition) is 0. The van der Waals surface area contributed by atoms with E-state index in [1.807, 2.05) is 12.1 Å². The van der Waals surface area contributed by atoms with Crippen molar-refractivity contribution in [3.8, 4) is 0 Å². The number of nitrogens with zero attached hydrogens (tertiary/aromatic N) is 1. The van der Waals surface area contributed by atoms with Crippen LogP contribution in [0.4, 0.5) is 0 Å². The summed E-state index contributed by atoms with van der Waals surface area (Å²) in [4.78, 5) is 27.4. The molecule has 1 heterocycles.